The fourth-order valence-electron chi connectivity index (χ4n) is 3.54. The summed E-state index contributed by atoms with van der Waals surface area (Å²) in [5.41, 5.74) is 8.09. The van der Waals surface area contributed by atoms with Crippen molar-refractivity contribution in [2.45, 2.75) is 71.1 Å². The first kappa shape index (κ1) is 22.0. The summed E-state index contributed by atoms with van der Waals surface area (Å²) in [6.45, 7) is 3.00. The van der Waals surface area contributed by atoms with Crippen LogP contribution in [-0.2, 0) is 0 Å². The fourth-order valence-corrected chi connectivity index (χ4v) is 3.54. The van der Waals surface area contributed by atoms with Gasteiger partial charge >= 0.3 is 0 Å². The number of nitrogens with two attached hydrogens (primary N) is 1. The number of para-hydroxylation sites is 1. The van der Waals surface area contributed by atoms with Gasteiger partial charge in [0.05, 0.1) is 0 Å². The molecule has 2 rings (SSSR count). The number of nitrogens with zero attached hydrogens (tertiary/aromatic N) is 1. The highest BCUT2D eigenvalue weighted by atomic mass is 16.2. The van der Waals surface area contributed by atoms with Crippen LogP contribution in [0.3, 0.4) is 0 Å². The molecule has 1 amide bonds. The molecular formula is C25H36N2O. The predicted molar refractivity (Wildman–Crippen MR) is 121 cm³/mol. The van der Waals surface area contributed by atoms with Crippen LogP contribution in [0.5, 0.6) is 0 Å². The summed E-state index contributed by atoms with van der Waals surface area (Å²) in [4.78, 5) is 14.9. The van der Waals surface area contributed by atoms with Crippen LogP contribution in [0.2, 0.25) is 0 Å². The zero-order chi connectivity index (χ0) is 20.0. The molecule has 0 aliphatic rings. The lowest BCUT2D eigenvalue weighted by Gasteiger charge is -2.23. The molecule has 0 saturated carbocycles. The molecule has 0 atom stereocenters. The molecule has 28 heavy (non-hydrogen) atoms. The zero-order valence-corrected chi connectivity index (χ0v) is 17.4. The van der Waals surface area contributed by atoms with Gasteiger partial charge in [0.1, 0.15) is 0 Å². The van der Waals surface area contributed by atoms with E-state index in [9.17, 15) is 4.79 Å². The van der Waals surface area contributed by atoms with Crippen molar-refractivity contribution in [2.75, 3.05) is 17.2 Å². The molecule has 0 aliphatic heterocycles. The van der Waals surface area contributed by atoms with Crippen LogP contribution in [0.1, 0.15) is 81.5 Å². The minimum atomic E-state index is 0.0226. The van der Waals surface area contributed by atoms with Crippen LogP contribution in [0.4, 0.5) is 11.4 Å². The molecule has 152 valence electrons. The SMILES string of the molecule is CCCCCCCCCCCCN(C(=O)c1cccc(N)c1)c1ccccc1. The molecule has 0 aromatic heterocycles. The van der Waals surface area contributed by atoms with E-state index in [1.807, 2.05) is 53.4 Å². The topological polar surface area (TPSA) is 46.3 Å². The highest BCUT2D eigenvalue weighted by Crippen LogP contribution is 2.19. The molecule has 0 spiro atoms. The Morgan fingerprint density at radius 1 is 0.786 bits per heavy atom. The minimum Gasteiger partial charge on any atom is -0.399 e. The first-order valence-corrected chi connectivity index (χ1v) is 10.9. The summed E-state index contributed by atoms with van der Waals surface area (Å²) >= 11 is 0. The molecule has 0 radical (unpaired) electrons. The van der Waals surface area contributed by atoms with Crippen LogP contribution in [-0.4, -0.2) is 12.5 Å². The Balaban J connectivity index is 1.80. The molecule has 3 nitrogen and oxygen atoms in total. The van der Waals surface area contributed by atoms with E-state index in [2.05, 4.69) is 6.92 Å². The van der Waals surface area contributed by atoms with E-state index in [1.165, 1.54) is 57.8 Å². The van der Waals surface area contributed by atoms with E-state index in [1.54, 1.807) is 6.07 Å². The lowest BCUT2D eigenvalue weighted by molar-refractivity contribution is 0.0986. The smallest absolute Gasteiger partial charge is 0.258 e. The summed E-state index contributed by atoms with van der Waals surface area (Å²) in [6, 6.07) is 17.2. The quantitative estimate of drug-likeness (QED) is 0.305. The second-order valence-corrected chi connectivity index (χ2v) is 7.60. The number of carbonyl (C=O) groups is 1. The third-order valence-electron chi connectivity index (χ3n) is 5.18. The van der Waals surface area contributed by atoms with E-state index in [0.717, 1.165) is 18.7 Å². The van der Waals surface area contributed by atoms with Crippen molar-refractivity contribution in [3.63, 3.8) is 0 Å². The Morgan fingerprint density at radius 2 is 1.39 bits per heavy atom. The maximum Gasteiger partial charge on any atom is 0.258 e. The number of benzene rings is 2. The number of anilines is 2. The van der Waals surface area contributed by atoms with E-state index in [4.69, 9.17) is 5.73 Å². The molecule has 0 bridgehead atoms. The minimum absolute atomic E-state index is 0.0226. The first-order chi connectivity index (χ1) is 13.7. The Bertz CT molecular complexity index is 684. The first-order valence-electron chi connectivity index (χ1n) is 10.9. The van der Waals surface area contributed by atoms with E-state index < -0.39 is 0 Å². The highest BCUT2D eigenvalue weighted by Gasteiger charge is 2.17. The molecule has 0 saturated heterocycles. The van der Waals surface area contributed by atoms with Crippen LogP contribution < -0.4 is 10.6 Å². The van der Waals surface area contributed by atoms with Gasteiger partial charge in [-0.2, -0.15) is 0 Å². The van der Waals surface area contributed by atoms with Gasteiger partial charge in [-0.1, -0.05) is 89.0 Å². The van der Waals surface area contributed by atoms with E-state index >= 15 is 0 Å². The fraction of sp³-hybridized carbons (Fsp3) is 0.480. The van der Waals surface area contributed by atoms with Crippen LogP contribution >= 0.6 is 0 Å². The van der Waals surface area contributed by atoms with Gasteiger partial charge < -0.3 is 10.6 Å². The lowest BCUT2D eigenvalue weighted by Crippen LogP contribution is -2.32. The van der Waals surface area contributed by atoms with Crippen LogP contribution in [0.25, 0.3) is 0 Å². The van der Waals surface area contributed by atoms with Gasteiger partial charge in [0.15, 0.2) is 0 Å². The van der Waals surface area contributed by atoms with Crippen molar-refractivity contribution >= 4 is 17.3 Å². The molecule has 0 fully saturated rings. The van der Waals surface area contributed by atoms with Crippen molar-refractivity contribution in [3.05, 3.63) is 60.2 Å². The molecule has 0 aliphatic carbocycles. The third-order valence-corrected chi connectivity index (χ3v) is 5.18. The van der Waals surface area contributed by atoms with Gasteiger partial charge in [-0.05, 0) is 36.8 Å². The summed E-state index contributed by atoms with van der Waals surface area (Å²) < 4.78 is 0. The van der Waals surface area contributed by atoms with Gasteiger partial charge in [-0.25, -0.2) is 0 Å². The predicted octanol–water partition coefficient (Wildman–Crippen LogP) is 6.84. The Kier molecular flexibility index (Phi) is 10.2. The highest BCUT2D eigenvalue weighted by molar-refractivity contribution is 6.06. The number of hydrogen-bond donors (Lipinski definition) is 1. The normalized spacial score (nSPS) is 10.8. The third kappa shape index (κ3) is 7.75. The zero-order valence-electron chi connectivity index (χ0n) is 17.4. The van der Waals surface area contributed by atoms with Crippen molar-refractivity contribution < 1.29 is 4.79 Å². The summed E-state index contributed by atoms with van der Waals surface area (Å²) in [5, 5.41) is 0. The maximum atomic E-state index is 13.1. The Hall–Kier alpha value is -2.29. The second kappa shape index (κ2) is 13.0. The maximum absolute atomic E-state index is 13.1. The molecule has 2 N–H and O–H groups in total. The number of hydrogen-bond acceptors (Lipinski definition) is 2. The van der Waals surface area contributed by atoms with E-state index in [0.29, 0.717) is 11.3 Å². The number of amides is 1. The molecule has 2 aromatic carbocycles. The molecular weight excluding hydrogens is 344 g/mol. The van der Waals surface area contributed by atoms with Crippen molar-refractivity contribution in [3.8, 4) is 0 Å². The summed E-state index contributed by atoms with van der Waals surface area (Å²) in [7, 11) is 0. The van der Waals surface area contributed by atoms with Crippen molar-refractivity contribution in [2.24, 2.45) is 0 Å². The standard InChI is InChI=1S/C25H36N2O/c1-2-3-4-5-6-7-8-9-10-14-20-27(24-18-12-11-13-19-24)25(28)22-16-15-17-23(26)21-22/h11-13,15-19,21H,2-10,14,20,26H2,1H3. The monoisotopic (exact) mass is 380 g/mol. The second-order valence-electron chi connectivity index (χ2n) is 7.60. The number of unbranched alkanes of at least 4 members (excludes halogenated alkanes) is 9. The van der Waals surface area contributed by atoms with Gasteiger partial charge in [0.2, 0.25) is 0 Å². The summed E-state index contributed by atoms with van der Waals surface area (Å²) in [5.74, 6) is 0.0226. The molecule has 3 heteroatoms. The average Bonchev–Trinajstić information content (AvgIpc) is 2.72. The number of rotatable bonds is 13. The van der Waals surface area contributed by atoms with Crippen LogP contribution in [0.15, 0.2) is 54.6 Å². The average molecular weight is 381 g/mol. The van der Waals surface area contributed by atoms with Gasteiger partial charge in [-0.15, -0.1) is 0 Å². The Labute approximate surface area is 170 Å². The molecule has 0 unspecified atom stereocenters. The lowest BCUT2D eigenvalue weighted by atomic mass is 10.1. The molecule has 2 aromatic rings. The van der Waals surface area contributed by atoms with Crippen molar-refractivity contribution in [1.82, 2.24) is 0 Å². The van der Waals surface area contributed by atoms with E-state index in [-0.39, 0.29) is 5.91 Å². The number of nitrogen functional groups attached to an aromatic ring is 1. The van der Waals surface area contributed by atoms with Gasteiger partial charge in [0, 0.05) is 23.5 Å². The van der Waals surface area contributed by atoms with Crippen LogP contribution in [0, 0.1) is 0 Å². The number of carbonyl (C=O) groups excluding carboxylic acids is 1. The largest absolute Gasteiger partial charge is 0.399 e. The Morgan fingerprint density at radius 3 is 2.00 bits per heavy atom. The van der Waals surface area contributed by atoms with Gasteiger partial charge in [0.25, 0.3) is 5.91 Å². The summed E-state index contributed by atoms with van der Waals surface area (Å²) in [6.07, 6.45) is 12.9. The van der Waals surface area contributed by atoms with Gasteiger partial charge in [-0.3, -0.25) is 4.79 Å². The molecule has 0 heterocycles. The van der Waals surface area contributed by atoms with Crippen molar-refractivity contribution in [1.29, 1.82) is 0 Å².